The molecule has 9 heavy (non-hydrogen) atoms. The lowest BCUT2D eigenvalue weighted by molar-refractivity contribution is -0.0463. The van der Waals surface area contributed by atoms with E-state index in [1.807, 2.05) is 0 Å². The molecule has 0 aromatic carbocycles. The summed E-state index contributed by atoms with van der Waals surface area (Å²) in [4.78, 5) is 0. The fourth-order valence-electron chi connectivity index (χ4n) is 1.99. The van der Waals surface area contributed by atoms with Crippen molar-refractivity contribution in [3.8, 4) is 0 Å². The van der Waals surface area contributed by atoms with Crippen LogP contribution >= 0.6 is 0 Å². The van der Waals surface area contributed by atoms with Crippen LogP contribution in [0.4, 0.5) is 0 Å². The first-order chi connectivity index (χ1) is 4.29. The molecule has 0 saturated heterocycles. The predicted octanol–water partition coefficient (Wildman–Crippen LogP) is 1.33. The Morgan fingerprint density at radius 1 is 1.56 bits per heavy atom. The van der Waals surface area contributed by atoms with E-state index in [-0.39, 0.29) is 6.10 Å². The van der Waals surface area contributed by atoms with E-state index < -0.39 is 0 Å². The summed E-state index contributed by atoms with van der Waals surface area (Å²) < 4.78 is 0. The first kappa shape index (κ1) is 5.48. The molecule has 0 aliphatic heterocycles. The van der Waals surface area contributed by atoms with Crippen LogP contribution in [0, 0.1) is 11.8 Å². The Morgan fingerprint density at radius 2 is 2.33 bits per heavy atom. The van der Waals surface area contributed by atoms with Gasteiger partial charge in [0.05, 0.1) is 6.10 Å². The molecular formula is C8H12O. The van der Waals surface area contributed by atoms with Gasteiger partial charge < -0.3 is 5.11 Å². The number of aliphatic hydroxyl groups is 1. The summed E-state index contributed by atoms with van der Waals surface area (Å²) in [7, 11) is 0. The minimum atomic E-state index is -0.0220. The SMILES string of the molecule is C=C1CC[C@@H]2C[C@H]1[C@H]2O. The second-order valence-electron chi connectivity index (χ2n) is 3.29. The Balaban J connectivity index is 2.14. The van der Waals surface area contributed by atoms with E-state index in [1.54, 1.807) is 0 Å². The van der Waals surface area contributed by atoms with Gasteiger partial charge in [0.2, 0.25) is 0 Å². The first-order valence-corrected chi connectivity index (χ1v) is 3.65. The lowest BCUT2D eigenvalue weighted by Gasteiger charge is -2.47. The maximum atomic E-state index is 9.34. The molecule has 0 radical (unpaired) electrons. The summed E-state index contributed by atoms with van der Waals surface area (Å²) in [5, 5.41) is 9.34. The molecule has 3 fully saturated rings. The van der Waals surface area contributed by atoms with E-state index in [0.29, 0.717) is 11.8 Å². The summed E-state index contributed by atoms with van der Waals surface area (Å²) in [5.41, 5.74) is 1.28. The second-order valence-corrected chi connectivity index (χ2v) is 3.29. The van der Waals surface area contributed by atoms with Gasteiger partial charge in [0.15, 0.2) is 0 Å². The molecule has 0 heterocycles. The van der Waals surface area contributed by atoms with Crippen molar-refractivity contribution in [1.29, 1.82) is 0 Å². The molecule has 2 bridgehead atoms. The summed E-state index contributed by atoms with van der Waals surface area (Å²) in [6, 6.07) is 0. The van der Waals surface area contributed by atoms with Gasteiger partial charge in [-0.3, -0.25) is 0 Å². The normalized spacial score (nSPS) is 48.6. The van der Waals surface area contributed by atoms with Crippen molar-refractivity contribution in [3.05, 3.63) is 12.2 Å². The highest BCUT2D eigenvalue weighted by molar-refractivity contribution is 5.15. The molecular weight excluding hydrogens is 112 g/mol. The van der Waals surface area contributed by atoms with Gasteiger partial charge in [-0.25, -0.2) is 0 Å². The minimum absolute atomic E-state index is 0.0220. The van der Waals surface area contributed by atoms with Crippen molar-refractivity contribution in [2.75, 3.05) is 0 Å². The molecule has 3 atom stereocenters. The van der Waals surface area contributed by atoms with Gasteiger partial charge in [0.25, 0.3) is 0 Å². The zero-order valence-corrected chi connectivity index (χ0v) is 5.51. The Morgan fingerprint density at radius 3 is 2.67 bits per heavy atom. The average molecular weight is 124 g/mol. The van der Waals surface area contributed by atoms with E-state index in [1.165, 1.54) is 18.4 Å². The topological polar surface area (TPSA) is 20.2 Å². The van der Waals surface area contributed by atoms with Crippen molar-refractivity contribution >= 4 is 0 Å². The Bertz CT molecular complexity index is 149. The fourth-order valence-corrected chi connectivity index (χ4v) is 1.99. The van der Waals surface area contributed by atoms with Crippen molar-refractivity contribution in [2.45, 2.75) is 25.4 Å². The molecule has 0 spiro atoms. The average Bonchev–Trinajstić information content (AvgIpc) is 1.86. The zero-order valence-electron chi connectivity index (χ0n) is 5.51. The van der Waals surface area contributed by atoms with Crippen LogP contribution in [0.25, 0.3) is 0 Å². The molecule has 3 aliphatic carbocycles. The van der Waals surface area contributed by atoms with Crippen molar-refractivity contribution in [1.82, 2.24) is 0 Å². The lowest BCUT2D eigenvalue weighted by atomic mass is 9.61. The molecule has 1 nitrogen and oxygen atoms in total. The third kappa shape index (κ3) is 0.584. The highest BCUT2D eigenvalue weighted by atomic mass is 16.3. The Labute approximate surface area is 55.4 Å². The molecule has 0 amide bonds. The van der Waals surface area contributed by atoms with E-state index in [2.05, 4.69) is 6.58 Å². The molecule has 3 aliphatic rings. The van der Waals surface area contributed by atoms with Gasteiger partial charge in [-0.15, -0.1) is 0 Å². The van der Waals surface area contributed by atoms with Crippen LogP contribution in [0.2, 0.25) is 0 Å². The van der Waals surface area contributed by atoms with Crippen LogP contribution in [-0.2, 0) is 0 Å². The minimum Gasteiger partial charge on any atom is -0.392 e. The van der Waals surface area contributed by atoms with E-state index in [0.717, 1.165) is 6.42 Å². The van der Waals surface area contributed by atoms with Crippen LogP contribution in [0.3, 0.4) is 0 Å². The third-order valence-electron chi connectivity index (χ3n) is 2.81. The molecule has 1 N–H and O–H groups in total. The highest BCUT2D eigenvalue weighted by Gasteiger charge is 2.44. The molecule has 3 rings (SSSR count). The van der Waals surface area contributed by atoms with Crippen molar-refractivity contribution in [2.24, 2.45) is 11.8 Å². The van der Waals surface area contributed by atoms with E-state index >= 15 is 0 Å². The Kier molecular flexibility index (Phi) is 0.974. The number of rotatable bonds is 0. The maximum Gasteiger partial charge on any atom is 0.0633 e. The monoisotopic (exact) mass is 124 g/mol. The maximum absolute atomic E-state index is 9.34. The number of aliphatic hydroxyl groups excluding tert-OH is 1. The smallest absolute Gasteiger partial charge is 0.0633 e. The van der Waals surface area contributed by atoms with Crippen LogP contribution in [0.15, 0.2) is 12.2 Å². The van der Waals surface area contributed by atoms with E-state index in [4.69, 9.17) is 0 Å². The summed E-state index contributed by atoms with van der Waals surface area (Å²) in [6.07, 6.45) is 3.52. The number of hydrogen-bond donors (Lipinski definition) is 1. The largest absolute Gasteiger partial charge is 0.392 e. The summed E-state index contributed by atoms with van der Waals surface area (Å²) in [6.45, 7) is 3.92. The van der Waals surface area contributed by atoms with Crippen molar-refractivity contribution < 1.29 is 5.11 Å². The standard InChI is InChI=1S/C8H12O/c1-5-2-3-6-4-7(5)8(6)9/h6-9H,1-4H2/t6-,7-,8+/m1/s1. The van der Waals surface area contributed by atoms with Gasteiger partial charge in [0, 0.05) is 5.92 Å². The van der Waals surface area contributed by atoms with Crippen LogP contribution in [-0.4, -0.2) is 11.2 Å². The highest BCUT2D eigenvalue weighted by Crippen LogP contribution is 2.47. The Hall–Kier alpha value is -0.300. The third-order valence-corrected chi connectivity index (χ3v) is 2.81. The van der Waals surface area contributed by atoms with Gasteiger partial charge >= 0.3 is 0 Å². The number of fused-ring (bicyclic) bond motifs is 2. The van der Waals surface area contributed by atoms with Gasteiger partial charge in [0.1, 0.15) is 0 Å². The summed E-state index contributed by atoms with van der Waals surface area (Å²) >= 11 is 0. The van der Waals surface area contributed by atoms with Gasteiger partial charge in [-0.1, -0.05) is 12.2 Å². The van der Waals surface area contributed by atoms with Crippen LogP contribution in [0.5, 0.6) is 0 Å². The van der Waals surface area contributed by atoms with Crippen molar-refractivity contribution in [3.63, 3.8) is 0 Å². The predicted molar refractivity (Wildman–Crippen MR) is 36.0 cm³/mol. The lowest BCUT2D eigenvalue weighted by Crippen LogP contribution is -2.46. The van der Waals surface area contributed by atoms with E-state index in [9.17, 15) is 5.11 Å². The summed E-state index contributed by atoms with van der Waals surface area (Å²) in [5.74, 6) is 1.10. The van der Waals surface area contributed by atoms with Gasteiger partial charge in [-0.05, 0) is 25.2 Å². The number of hydrogen-bond acceptors (Lipinski definition) is 1. The van der Waals surface area contributed by atoms with Gasteiger partial charge in [-0.2, -0.15) is 0 Å². The fraction of sp³-hybridized carbons (Fsp3) is 0.750. The molecule has 0 unspecified atom stereocenters. The molecule has 50 valence electrons. The molecule has 3 saturated carbocycles. The zero-order chi connectivity index (χ0) is 6.43. The molecule has 1 heteroatoms. The molecule has 0 aromatic heterocycles. The van der Waals surface area contributed by atoms with Crippen LogP contribution in [0.1, 0.15) is 19.3 Å². The second kappa shape index (κ2) is 1.60. The quantitative estimate of drug-likeness (QED) is 0.483. The first-order valence-electron chi connectivity index (χ1n) is 3.65. The molecule has 0 aromatic rings. The van der Waals surface area contributed by atoms with Crippen LogP contribution < -0.4 is 0 Å².